The van der Waals surface area contributed by atoms with Crippen molar-refractivity contribution in [2.75, 3.05) is 18.0 Å². The molecule has 2 N–H and O–H groups in total. The van der Waals surface area contributed by atoms with Gasteiger partial charge >= 0.3 is 0 Å². The van der Waals surface area contributed by atoms with Crippen LogP contribution in [0.2, 0.25) is 5.02 Å². The first-order valence-electron chi connectivity index (χ1n) is 11.8. The van der Waals surface area contributed by atoms with Gasteiger partial charge < -0.3 is 9.64 Å². The van der Waals surface area contributed by atoms with E-state index in [2.05, 4.69) is 39.5 Å². The van der Waals surface area contributed by atoms with Gasteiger partial charge in [0, 0.05) is 34.9 Å². The summed E-state index contributed by atoms with van der Waals surface area (Å²) >= 11 is 6.18. The molecule has 36 heavy (non-hydrogen) atoms. The first-order valence-corrected chi connectivity index (χ1v) is 12.2. The number of anilines is 1. The number of hydrogen-bond acceptors (Lipinski definition) is 5. The minimum atomic E-state index is -0.371. The molecule has 1 amide bonds. The van der Waals surface area contributed by atoms with E-state index < -0.39 is 0 Å². The summed E-state index contributed by atoms with van der Waals surface area (Å²) in [6, 6.07) is 24.8. The molecular formula is C28H28ClN5O2. The fourth-order valence-corrected chi connectivity index (χ4v) is 3.86. The van der Waals surface area contributed by atoms with Crippen molar-refractivity contribution < 1.29 is 9.53 Å². The number of amides is 1. The molecule has 4 rings (SSSR count). The summed E-state index contributed by atoms with van der Waals surface area (Å²) in [7, 11) is 0. The normalized spacial score (nSPS) is 11.0. The molecule has 1 aromatic heterocycles. The third kappa shape index (κ3) is 6.31. The first kappa shape index (κ1) is 25.0. The monoisotopic (exact) mass is 501 g/mol. The number of H-pyrrole nitrogens is 1. The zero-order valence-corrected chi connectivity index (χ0v) is 21.0. The molecule has 0 saturated carbocycles. The van der Waals surface area contributed by atoms with Gasteiger partial charge in [0.2, 0.25) is 0 Å². The second-order valence-corrected chi connectivity index (χ2v) is 8.44. The van der Waals surface area contributed by atoms with Crippen molar-refractivity contribution in [3.63, 3.8) is 0 Å². The molecule has 0 bridgehead atoms. The van der Waals surface area contributed by atoms with Crippen molar-refractivity contribution in [1.82, 2.24) is 15.6 Å². The van der Waals surface area contributed by atoms with Crippen molar-refractivity contribution >= 4 is 29.4 Å². The summed E-state index contributed by atoms with van der Waals surface area (Å²) in [5.41, 5.74) is 7.33. The Morgan fingerprint density at radius 2 is 1.78 bits per heavy atom. The summed E-state index contributed by atoms with van der Waals surface area (Å²) in [5, 5.41) is 11.8. The Morgan fingerprint density at radius 3 is 2.47 bits per heavy atom. The Balaban J connectivity index is 1.31. The number of hydrogen-bond donors (Lipinski definition) is 2. The predicted molar refractivity (Wildman–Crippen MR) is 145 cm³/mol. The van der Waals surface area contributed by atoms with E-state index in [9.17, 15) is 4.79 Å². The Hall–Kier alpha value is -4.10. The van der Waals surface area contributed by atoms with Crippen LogP contribution in [0.25, 0.3) is 11.3 Å². The fraction of sp³-hybridized carbons (Fsp3) is 0.179. The van der Waals surface area contributed by atoms with E-state index in [-0.39, 0.29) is 5.91 Å². The van der Waals surface area contributed by atoms with Crippen molar-refractivity contribution in [3.05, 3.63) is 101 Å². The second-order valence-electron chi connectivity index (χ2n) is 8.03. The quantitative estimate of drug-likeness (QED) is 0.209. The van der Waals surface area contributed by atoms with Crippen molar-refractivity contribution in [2.24, 2.45) is 5.10 Å². The fourth-order valence-electron chi connectivity index (χ4n) is 3.67. The number of nitrogens with one attached hydrogen (secondary N) is 2. The second kappa shape index (κ2) is 12.0. The molecule has 7 nitrogen and oxygen atoms in total. The maximum absolute atomic E-state index is 12.5. The molecule has 0 unspecified atom stereocenters. The van der Waals surface area contributed by atoms with Gasteiger partial charge in [0.25, 0.3) is 5.91 Å². The number of nitrogens with zero attached hydrogens (tertiary/aromatic N) is 3. The zero-order chi connectivity index (χ0) is 25.3. The van der Waals surface area contributed by atoms with Gasteiger partial charge in [0.1, 0.15) is 18.1 Å². The van der Waals surface area contributed by atoms with Crippen LogP contribution in [0.5, 0.6) is 5.75 Å². The summed E-state index contributed by atoms with van der Waals surface area (Å²) in [5.74, 6) is 0.344. The van der Waals surface area contributed by atoms with Crippen molar-refractivity contribution in [2.45, 2.75) is 20.5 Å². The molecule has 0 aliphatic carbocycles. The average molecular weight is 502 g/mol. The third-order valence-electron chi connectivity index (χ3n) is 5.73. The lowest BCUT2D eigenvalue weighted by Gasteiger charge is -2.20. The number of aromatic nitrogens is 2. The molecular weight excluding hydrogens is 474 g/mol. The van der Waals surface area contributed by atoms with Crippen LogP contribution in [-0.4, -0.2) is 35.4 Å². The molecule has 3 aromatic carbocycles. The molecule has 184 valence electrons. The number of hydrazone groups is 1. The molecule has 0 aliphatic rings. The molecule has 4 aromatic rings. The molecule has 0 fully saturated rings. The molecule has 0 spiro atoms. The van der Waals surface area contributed by atoms with Crippen molar-refractivity contribution in [1.29, 1.82) is 0 Å². The third-order valence-corrected chi connectivity index (χ3v) is 6.09. The summed E-state index contributed by atoms with van der Waals surface area (Å²) < 4.78 is 5.82. The highest BCUT2D eigenvalue weighted by atomic mass is 35.5. The van der Waals surface area contributed by atoms with Crippen LogP contribution in [0.15, 0.2) is 84.0 Å². The Labute approximate surface area is 215 Å². The minimum Gasteiger partial charge on any atom is -0.489 e. The number of carbonyl (C=O) groups excluding carboxylic acids is 1. The maximum Gasteiger partial charge on any atom is 0.289 e. The molecule has 0 saturated heterocycles. The van der Waals surface area contributed by atoms with Crippen LogP contribution in [0, 0.1) is 0 Å². The highest BCUT2D eigenvalue weighted by Crippen LogP contribution is 2.23. The van der Waals surface area contributed by atoms with Crippen LogP contribution in [0.4, 0.5) is 5.69 Å². The lowest BCUT2D eigenvalue weighted by molar-refractivity contribution is 0.0950. The number of benzene rings is 3. The van der Waals surface area contributed by atoms with Gasteiger partial charge in [0.05, 0.1) is 11.9 Å². The van der Waals surface area contributed by atoms with E-state index >= 15 is 0 Å². The summed E-state index contributed by atoms with van der Waals surface area (Å²) in [6.45, 7) is 6.54. The van der Waals surface area contributed by atoms with Gasteiger partial charge in [-0.15, -0.1) is 0 Å². The van der Waals surface area contributed by atoms with Crippen LogP contribution in [0.1, 0.15) is 35.5 Å². The number of halogens is 1. The largest absolute Gasteiger partial charge is 0.489 e. The van der Waals surface area contributed by atoms with Crippen molar-refractivity contribution in [3.8, 4) is 17.0 Å². The number of carbonyl (C=O) groups is 1. The molecule has 1 heterocycles. The number of rotatable bonds is 10. The molecule has 0 atom stereocenters. The summed E-state index contributed by atoms with van der Waals surface area (Å²) in [6.07, 6.45) is 1.61. The van der Waals surface area contributed by atoms with E-state index in [0.29, 0.717) is 28.8 Å². The van der Waals surface area contributed by atoms with Crippen LogP contribution in [0.3, 0.4) is 0 Å². The van der Waals surface area contributed by atoms with E-state index in [1.165, 1.54) is 0 Å². The van der Waals surface area contributed by atoms with E-state index in [4.69, 9.17) is 16.3 Å². The Morgan fingerprint density at radius 1 is 1.06 bits per heavy atom. The van der Waals surface area contributed by atoms with Gasteiger partial charge in [-0.3, -0.25) is 9.89 Å². The minimum absolute atomic E-state index is 0.318. The van der Waals surface area contributed by atoms with E-state index in [1.807, 2.05) is 72.8 Å². The van der Waals surface area contributed by atoms with Gasteiger partial charge in [0.15, 0.2) is 0 Å². The van der Waals surface area contributed by atoms with Crippen LogP contribution in [-0.2, 0) is 6.61 Å². The maximum atomic E-state index is 12.5. The van der Waals surface area contributed by atoms with Crippen LogP contribution >= 0.6 is 11.6 Å². The van der Waals surface area contributed by atoms with Gasteiger partial charge in [-0.2, -0.15) is 10.2 Å². The summed E-state index contributed by atoms with van der Waals surface area (Å²) in [4.78, 5) is 14.7. The molecule has 8 heteroatoms. The highest BCUT2D eigenvalue weighted by molar-refractivity contribution is 6.31. The van der Waals surface area contributed by atoms with Gasteiger partial charge in [-0.05, 0) is 67.9 Å². The first-order chi connectivity index (χ1) is 17.6. The molecule has 0 radical (unpaired) electrons. The lowest BCUT2D eigenvalue weighted by Crippen LogP contribution is -2.21. The SMILES string of the molecule is CCN(CC)c1ccc(C=NNC(=O)c2cc(-c3ccc(OCc4ccccc4Cl)cc3)n[nH]2)cc1. The smallest absolute Gasteiger partial charge is 0.289 e. The van der Waals surface area contributed by atoms with Gasteiger partial charge in [-0.1, -0.05) is 41.9 Å². The van der Waals surface area contributed by atoms with E-state index in [0.717, 1.165) is 35.5 Å². The molecule has 0 aliphatic heterocycles. The Kier molecular flexibility index (Phi) is 8.36. The topological polar surface area (TPSA) is 82.6 Å². The standard InChI is InChI=1S/C28H28ClN5O2/c1-3-34(4-2)23-13-9-20(10-14-23)18-30-33-28(35)27-17-26(31-32-27)21-11-15-24(16-12-21)36-19-22-7-5-6-8-25(22)29/h5-18H,3-4,19H2,1-2H3,(H,31,32)(H,33,35). The van der Waals surface area contributed by atoms with Gasteiger partial charge in [-0.25, -0.2) is 5.43 Å². The van der Waals surface area contributed by atoms with E-state index in [1.54, 1.807) is 12.3 Å². The zero-order valence-electron chi connectivity index (χ0n) is 20.2. The predicted octanol–water partition coefficient (Wildman–Crippen LogP) is 5.92. The number of aromatic amines is 1. The highest BCUT2D eigenvalue weighted by Gasteiger charge is 2.11. The number of ether oxygens (including phenoxy) is 1. The Bertz CT molecular complexity index is 1310. The van der Waals surface area contributed by atoms with Crippen LogP contribution < -0.4 is 15.1 Å². The lowest BCUT2D eigenvalue weighted by atomic mass is 10.1. The average Bonchev–Trinajstić information content (AvgIpc) is 3.41.